The lowest BCUT2D eigenvalue weighted by Crippen LogP contribution is -2.36. The zero-order valence-corrected chi connectivity index (χ0v) is 15.7. The number of rotatable bonds is 6. The van der Waals surface area contributed by atoms with Gasteiger partial charge >= 0.3 is 0 Å². The fourth-order valence-electron chi connectivity index (χ4n) is 3.23. The number of aliphatic hydroxyl groups excluding tert-OH is 1. The molecule has 0 radical (unpaired) electrons. The van der Waals surface area contributed by atoms with Crippen molar-refractivity contribution in [2.75, 3.05) is 26.7 Å². The Labute approximate surface area is 159 Å². The number of methoxy groups -OCH3 is 1. The first-order valence-corrected chi connectivity index (χ1v) is 8.37. The molecule has 0 spiro atoms. The summed E-state index contributed by atoms with van der Waals surface area (Å²) in [7, 11) is 3.45. The van der Waals surface area contributed by atoms with Gasteiger partial charge in [-0.05, 0) is 23.3 Å². The summed E-state index contributed by atoms with van der Waals surface area (Å²) in [5.74, 6) is 0.560. The first-order valence-electron chi connectivity index (χ1n) is 8.37. The van der Waals surface area contributed by atoms with Gasteiger partial charge in [0.1, 0.15) is 5.75 Å². The van der Waals surface area contributed by atoms with Crippen molar-refractivity contribution in [1.29, 1.82) is 0 Å². The summed E-state index contributed by atoms with van der Waals surface area (Å²) in [6.45, 7) is 1.55. The number of carbonyl (C=O) groups is 1. The number of nitrogens with zero attached hydrogens (tertiary/aromatic N) is 2. The Hall–Kier alpha value is -2.09. The maximum absolute atomic E-state index is 12.6. The Morgan fingerprint density at radius 1 is 1.50 bits per heavy atom. The average molecular weight is 381 g/mol. The molecule has 3 rings (SSSR count). The molecule has 2 aromatic rings. The van der Waals surface area contributed by atoms with E-state index in [1.165, 1.54) is 0 Å². The van der Waals surface area contributed by atoms with E-state index >= 15 is 0 Å². The molecule has 1 fully saturated rings. The van der Waals surface area contributed by atoms with Crippen LogP contribution in [-0.4, -0.2) is 47.5 Å². The predicted molar refractivity (Wildman–Crippen MR) is 101 cm³/mol. The normalized spacial score (nSPS) is 20.3. The predicted octanol–water partition coefficient (Wildman–Crippen LogP) is 1.00. The van der Waals surface area contributed by atoms with Crippen molar-refractivity contribution in [3.63, 3.8) is 0 Å². The Kier molecular flexibility index (Phi) is 7.02. The first-order chi connectivity index (χ1) is 12.1. The van der Waals surface area contributed by atoms with E-state index in [0.717, 1.165) is 12.1 Å². The van der Waals surface area contributed by atoms with Crippen LogP contribution in [0.1, 0.15) is 23.1 Å². The Bertz CT molecular complexity index is 737. The summed E-state index contributed by atoms with van der Waals surface area (Å²) in [5, 5.41) is 20.6. The highest BCUT2D eigenvalue weighted by Gasteiger charge is 2.34. The van der Waals surface area contributed by atoms with E-state index in [1.54, 1.807) is 17.9 Å². The van der Waals surface area contributed by atoms with Gasteiger partial charge in [-0.2, -0.15) is 5.10 Å². The van der Waals surface area contributed by atoms with Gasteiger partial charge in [0, 0.05) is 38.8 Å². The van der Waals surface area contributed by atoms with Crippen molar-refractivity contribution in [1.82, 2.24) is 20.4 Å². The summed E-state index contributed by atoms with van der Waals surface area (Å²) in [4.78, 5) is 12.6. The topological polar surface area (TPSA) is 88.4 Å². The third-order valence-corrected chi connectivity index (χ3v) is 4.65. The number of ether oxygens (including phenoxy) is 1. The van der Waals surface area contributed by atoms with E-state index in [9.17, 15) is 9.90 Å². The standard InChI is InChI=1S/C18H24N4O3.ClH/c1-22-11-13(7-21-22)15-8-19-9-16(15)18(24)20-10-17(23)12-4-3-5-14(6-12)25-2;/h3-7,11,15-17,19,23H,8-10H2,1-2H3,(H,20,24);1H/t15-,16+,17?;/m1./s1. The van der Waals surface area contributed by atoms with Crippen LogP contribution in [0.3, 0.4) is 0 Å². The van der Waals surface area contributed by atoms with E-state index in [0.29, 0.717) is 17.9 Å². The number of nitrogens with one attached hydrogen (secondary N) is 2. The van der Waals surface area contributed by atoms with E-state index in [2.05, 4.69) is 15.7 Å². The van der Waals surface area contributed by atoms with Crippen molar-refractivity contribution in [3.05, 3.63) is 47.8 Å². The van der Waals surface area contributed by atoms with Crippen LogP contribution in [-0.2, 0) is 11.8 Å². The highest BCUT2D eigenvalue weighted by atomic mass is 35.5. The van der Waals surface area contributed by atoms with Gasteiger partial charge in [-0.3, -0.25) is 9.48 Å². The first kappa shape index (κ1) is 20.2. The number of amides is 1. The van der Waals surface area contributed by atoms with Crippen LogP contribution in [0.2, 0.25) is 0 Å². The monoisotopic (exact) mass is 380 g/mol. The number of aryl methyl sites for hydroxylation is 1. The molecule has 0 saturated carbocycles. The van der Waals surface area contributed by atoms with Crippen molar-refractivity contribution < 1.29 is 14.6 Å². The van der Waals surface area contributed by atoms with E-state index in [1.807, 2.05) is 37.6 Å². The molecular formula is C18H25ClN4O3. The Balaban J connectivity index is 0.00000243. The van der Waals surface area contributed by atoms with E-state index in [4.69, 9.17) is 4.74 Å². The van der Waals surface area contributed by atoms with Crippen LogP contribution in [0.15, 0.2) is 36.7 Å². The minimum atomic E-state index is -0.773. The number of halogens is 1. The zero-order valence-electron chi connectivity index (χ0n) is 14.9. The average Bonchev–Trinajstić information content (AvgIpc) is 3.28. The molecule has 2 heterocycles. The number of benzene rings is 1. The molecule has 0 aliphatic carbocycles. The molecule has 0 bridgehead atoms. The second kappa shape index (κ2) is 9.02. The van der Waals surface area contributed by atoms with Crippen molar-refractivity contribution in [2.24, 2.45) is 13.0 Å². The second-order valence-corrected chi connectivity index (χ2v) is 6.36. The number of carbonyl (C=O) groups excluding carboxylic acids is 1. The largest absolute Gasteiger partial charge is 0.497 e. The third kappa shape index (κ3) is 4.55. The highest BCUT2D eigenvalue weighted by molar-refractivity contribution is 5.85. The van der Waals surface area contributed by atoms with E-state index < -0.39 is 6.10 Å². The molecule has 3 N–H and O–H groups in total. The quantitative estimate of drug-likeness (QED) is 0.696. The van der Waals surface area contributed by atoms with Gasteiger partial charge in [0.15, 0.2) is 0 Å². The van der Waals surface area contributed by atoms with Gasteiger partial charge in [0.2, 0.25) is 5.91 Å². The van der Waals surface area contributed by atoms with E-state index in [-0.39, 0.29) is 36.7 Å². The van der Waals surface area contributed by atoms with Crippen LogP contribution in [0.25, 0.3) is 0 Å². The SMILES string of the molecule is COc1cccc(C(O)CNC(=O)[C@H]2CNC[C@@H]2c2cnn(C)c2)c1.Cl. The molecule has 1 aromatic heterocycles. The smallest absolute Gasteiger partial charge is 0.225 e. The lowest BCUT2D eigenvalue weighted by Gasteiger charge is -2.19. The molecular weight excluding hydrogens is 356 g/mol. The molecule has 1 aliphatic heterocycles. The highest BCUT2D eigenvalue weighted by Crippen LogP contribution is 2.28. The third-order valence-electron chi connectivity index (χ3n) is 4.65. The minimum absolute atomic E-state index is 0. The fourth-order valence-corrected chi connectivity index (χ4v) is 3.23. The molecule has 142 valence electrons. The molecule has 1 unspecified atom stereocenters. The molecule has 7 nitrogen and oxygen atoms in total. The van der Waals surface area contributed by atoms with Crippen molar-refractivity contribution >= 4 is 18.3 Å². The zero-order chi connectivity index (χ0) is 17.8. The summed E-state index contributed by atoms with van der Waals surface area (Å²) >= 11 is 0. The van der Waals surface area contributed by atoms with Crippen LogP contribution in [0, 0.1) is 5.92 Å². The van der Waals surface area contributed by atoms with Crippen LogP contribution in [0.4, 0.5) is 0 Å². The number of hydrogen-bond donors (Lipinski definition) is 3. The molecule has 3 atom stereocenters. The molecule has 1 saturated heterocycles. The fraction of sp³-hybridized carbons (Fsp3) is 0.444. The summed E-state index contributed by atoms with van der Waals surface area (Å²) in [6, 6.07) is 7.22. The van der Waals surface area contributed by atoms with Crippen LogP contribution >= 0.6 is 12.4 Å². The number of aromatic nitrogens is 2. The van der Waals surface area contributed by atoms with Crippen molar-refractivity contribution in [2.45, 2.75) is 12.0 Å². The van der Waals surface area contributed by atoms with Gasteiger partial charge in [0.25, 0.3) is 0 Å². The van der Waals surface area contributed by atoms with Crippen LogP contribution in [0.5, 0.6) is 5.75 Å². The lowest BCUT2D eigenvalue weighted by molar-refractivity contribution is -0.125. The molecule has 26 heavy (non-hydrogen) atoms. The molecule has 8 heteroatoms. The summed E-state index contributed by atoms with van der Waals surface area (Å²) in [5.41, 5.74) is 1.77. The number of hydrogen-bond acceptors (Lipinski definition) is 5. The second-order valence-electron chi connectivity index (χ2n) is 6.36. The van der Waals surface area contributed by atoms with Crippen molar-refractivity contribution in [3.8, 4) is 5.75 Å². The minimum Gasteiger partial charge on any atom is -0.497 e. The van der Waals surface area contributed by atoms with Gasteiger partial charge in [-0.1, -0.05) is 12.1 Å². The summed E-state index contributed by atoms with van der Waals surface area (Å²) < 4.78 is 6.91. The van der Waals surface area contributed by atoms with Gasteiger partial charge in [-0.25, -0.2) is 0 Å². The molecule has 1 aromatic carbocycles. The lowest BCUT2D eigenvalue weighted by atomic mass is 9.90. The summed E-state index contributed by atoms with van der Waals surface area (Å²) in [6.07, 6.45) is 2.98. The van der Waals surface area contributed by atoms with Gasteiger partial charge in [-0.15, -0.1) is 12.4 Å². The van der Waals surface area contributed by atoms with Gasteiger partial charge < -0.3 is 20.5 Å². The molecule has 1 amide bonds. The Morgan fingerprint density at radius 2 is 2.31 bits per heavy atom. The maximum Gasteiger partial charge on any atom is 0.225 e. The maximum atomic E-state index is 12.6. The molecule has 1 aliphatic rings. The van der Waals surface area contributed by atoms with Crippen LogP contribution < -0.4 is 15.4 Å². The Morgan fingerprint density at radius 3 is 3.00 bits per heavy atom. The van der Waals surface area contributed by atoms with Gasteiger partial charge in [0.05, 0.1) is 25.3 Å². The number of aliphatic hydroxyl groups is 1.